The van der Waals surface area contributed by atoms with E-state index in [1.54, 1.807) is 12.5 Å². The van der Waals surface area contributed by atoms with Crippen LogP contribution in [-0.4, -0.2) is 0 Å². The summed E-state index contributed by atoms with van der Waals surface area (Å²) in [5.74, 6) is 1.42. The highest BCUT2D eigenvalue weighted by Gasteiger charge is 2.25. The first-order chi connectivity index (χ1) is 14.0. The Labute approximate surface area is 181 Å². The smallest absolute Gasteiger partial charge is 0.292 e. The summed E-state index contributed by atoms with van der Waals surface area (Å²) in [6, 6.07) is 12.3. The number of ether oxygens (including phenoxy) is 2. The van der Waals surface area contributed by atoms with Gasteiger partial charge in [-0.2, -0.15) is 0 Å². The van der Waals surface area contributed by atoms with Crippen molar-refractivity contribution >= 4 is 0 Å². The van der Waals surface area contributed by atoms with Crippen molar-refractivity contribution < 1.29 is 9.47 Å². The number of hydrogen-bond donors (Lipinski definition) is 0. The Kier molecular flexibility index (Phi) is 7.16. The van der Waals surface area contributed by atoms with Gasteiger partial charge in [-0.15, -0.1) is 10.5 Å². The van der Waals surface area contributed by atoms with Gasteiger partial charge in [-0.25, -0.2) is 0 Å². The van der Waals surface area contributed by atoms with Gasteiger partial charge in [0.05, 0.1) is 0 Å². The average molecular weight is 405 g/mol. The zero-order chi connectivity index (χ0) is 22.5. The predicted molar refractivity (Wildman–Crippen MR) is 120 cm³/mol. The number of nitrogens with zero attached hydrogens (tertiary/aromatic N) is 2. The highest BCUT2D eigenvalue weighted by molar-refractivity contribution is 5.48. The molecule has 0 aliphatic heterocycles. The molecule has 30 heavy (non-hydrogen) atoms. The van der Waals surface area contributed by atoms with Crippen LogP contribution in [0.5, 0.6) is 11.5 Å². The van der Waals surface area contributed by atoms with Crippen LogP contribution in [0.2, 0.25) is 0 Å². The van der Waals surface area contributed by atoms with Crippen molar-refractivity contribution in [3.05, 3.63) is 58.7 Å². The molecule has 0 aliphatic rings. The molecule has 0 aliphatic carbocycles. The van der Waals surface area contributed by atoms with Crippen LogP contribution in [0.1, 0.15) is 89.5 Å². The Morgan fingerprint density at radius 1 is 0.767 bits per heavy atom. The molecule has 0 fully saturated rings. The topological polar surface area (TPSA) is 66.0 Å². The van der Waals surface area contributed by atoms with Crippen molar-refractivity contribution in [2.45, 2.75) is 78.1 Å². The molecule has 0 unspecified atom stereocenters. The van der Waals surface area contributed by atoms with Gasteiger partial charge in [-0.05, 0) is 40.5 Å². The largest absolute Gasteiger partial charge is 0.388 e. The fourth-order valence-corrected chi connectivity index (χ4v) is 3.79. The minimum atomic E-state index is -0.153. The van der Waals surface area contributed by atoms with Crippen molar-refractivity contribution in [2.24, 2.45) is 0 Å². The standard InChI is InChI=1S/C26H32N2O2/c1-8-9-20(18-10-12-23(29-16-27)21(14-18)25(2,3)4)19-11-13-24(30-17-28)22(15-19)26(5,6)7/h10-15,20H,8-9H2,1-7H3. The Morgan fingerprint density at radius 2 is 1.17 bits per heavy atom. The van der Waals surface area contributed by atoms with Crippen LogP contribution >= 0.6 is 0 Å². The Morgan fingerprint density at radius 3 is 1.47 bits per heavy atom. The zero-order valence-electron chi connectivity index (χ0n) is 19.2. The lowest BCUT2D eigenvalue weighted by Crippen LogP contribution is -2.15. The van der Waals surface area contributed by atoms with Crippen LogP contribution in [0.4, 0.5) is 0 Å². The molecule has 0 bridgehead atoms. The molecule has 0 aromatic heterocycles. The van der Waals surface area contributed by atoms with Crippen LogP contribution in [0.25, 0.3) is 0 Å². The van der Waals surface area contributed by atoms with Crippen LogP contribution in [-0.2, 0) is 10.8 Å². The molecule has 0 N–H and O–H groups in total. The van der Waals surface area contributed by atoms with Gasteiger partial charge >= 0.3 is 0 Å². The SMILES string of the molecule is CCCC(c1ccc(OC#N)c(C(C)(C)C)c1)c1ccc(OC#N)c(C(C)(C)C)c1. The molecule has 4 nitrogen and oxygen atoms in total. The third-order valence-corrected chi connectivity index (χ3v) is 5.32. The van der Waals surface area contributed by atoms with E-state index in [9.17, 15) is 0 Å². The van der Waals surface area contributed by atoms with Gasteiger partial charge in [-0.3, -0.25) is 0 Å². The Hall–Kier alpha value is -2.98. The summed E-state index contributed by atoms with van der Waals surface area (Å²) < 4.78 is 10.5. The second kappa shape index (κ2) is 9.23. The molecular formula is C26H32N2O2. The summed E-state index contributed by atoms with van der Waals surface area (Å²) in [6.45, 7) is 14.9. The summed E-state index contributed by atoms with van der Waals surface area (Å²) in [7, 11) is 0. The molecule has 0 heterocycles. The molecule has 4 heteroatoms. The van der Waals surface area contributed by atoms with E-state index in [1.807, 2.05) is 12.1 Å². The van der Waals surface area contributed by atoms with Crippen LogP contribution in [0.3, 0.4) is 0 Å². The molecule has 0 saturated carbocycles. The van der Waals surface area contributed by atoms with Gasteiger partial charge in [0.1, 0.15) is 11.5 Å². The number of hydrogen-bond acceptors (Lipinski definition) is 4. The molecule has 0 saturated heterocycles. The lowest BCUT2D eigenvalue weighted by molar-refractivity contribution is 0.472. The minimum Gasteiger partial charge on any atom is -0.388 e. The molecule has 158 valence electrons. The van der Waals surface area contributed by atoms with E-state index in [2.05, 4.69) is 72.7 Å². The van der Waals surface area contributed by atoms with E-state index in [0.717, 1.165) is 24.0 Å². The Bertz CT molecular complexity index is 889. The summed E-state index contributed by atoms with van der Waals surface area (Å²) in [6.07, 6.45) is 5.63. The van der Waals surface area contributed by atoms with Gasteiger partial charge in [0.15, 0.2) is 0 Å². The number of rotatable bonds is 6. The summed E-state index contributed by atoms with van der Waals surface area (Å²) >= 11 is 0. The van der Waals surface area contributed by atoms with Crippen molar-refractivity contribution in [2.75, 3.05) is 0 Å². The molecule has 0 amide bonds. The van der Waals surface area contributed by atoms with Crippen LogP contribution < -0.4 is 9.47 Å². The van der Waals surface area contributed by atoms with Gasteiger partial charge in [0.2, 0.25) is 0 Å². The maximum atomic E-state index is 9.02. The first kappa shape index (κ1) is 23.3. The summed E-state index contributed by atoms with van der Waals surface area (Å²) in [5.41, 5.74) is 4.12. The third-order valence-electron chi connectivity index (χ3n) is 5.32. The first-order valence-electron chi connectivity index (χ1n) is 10.4. The van der Waals surface area contributed by atoms with Gasteiger partial charge in [-0.1, -0.05) is 79.2 Å². The minimum absolute atomic E-state index is 0.153. The van der Waals surface area contributed by atoms with E-state index in [4.69, 9.17) is 20.0 Å². The lowest BCUT2D eigenvalue weighted by Gasteiger charge is -2.27. The second-order valence-corrected chi connectivity index (χ2v) is 9.74. The predicted octanol–water partition coefficient (Wildman–Crippen LogP) is 6.93. The van der Waals surface area contributed by atoms with Crippen molar-refractivity contribution in [3.8, 4) is 24.0 Å². The normalized spacial score (nSPS) is 11.7. The maximum Gasteiger partial charge on any atom is 0.292 e. The molecule has 2 aromatic carbocycles. The summed E-state index contributed by atoms with van der Waals surface area (Å²) in [5, 5.41) is 18.0. The average Bonchev–Trinajstić information content (AvgIpc) is 2.66. The van der Waals surface area contributed by atoms with Gasteiger partial charge in [0.25, 0.3) is 12.5 Å². The van der Waals surface area contributed by atoms with Crippen molar-refractivity contribution in [1.29, 1.82) is 10.5 Å². The third kappa shape index (κ3) is 5.33. The molecule has 0 atom stereocenters. The maximum absolute atomic E-state index is 9.02. The quantitative estimate of drug-likeness (QED) is 0.489. The first-order valence-corrected chi connectivity index (χ1v) is 10.4. The molecule has 2 rings (SSSR count). The van der Waals surface area contributed by atoms with E-state index in [-0.39, 0.29) is 16.7 Å². The molecule has 0 radical (unpaired) electrons. The molecule has 2 aromatic rings. The zero-order valence-corrected chi connectivity index (χ0v) is 19.2. The van der Waals surface area contributed by atoms with Gasteiger partial charge in [0, 0.05) is 17.0 Å². The van der Waals surface area contributed by atoms with E-state index >= 15 is 0 Å². The second-order valence-electron chi connectivity index (χ2n) is 9.74. The number of benzene rings is 2. The fourth-order valence-electron chi connectivity index (χ4n) is 3.79. The van der Waals surface area contributed by atoms with E-state index in [1.165, 1.54) is 11.1 Å². The van der Waals surface area contributed by atoms with Gasteiger partial charge < -0.3 is 9.47 Å². The highest BCUT2D eigenvalue weighted by Crippen LogP contribution is 2.40. The van der Waals surface area contributed by atoms with Crippen LogP contribution in [0.15, 0.2) is 36.4 Å². The highest BCUT2D eigenvalue weighted by atomic mass is 16.5. The summed E-state index contributed by atoms with van der Waals surface area (Å²) in [4.78, 5) is 0. The number of nitriles is 2. The van der Waals surface area contributed by atoms with E-state index in [0.29, 0.717) is 11.5 Å². The fraction of sp³-hybridized carbons (Fsp3) is 0.462. The van der Waals surface area contributed by atoms with Crippen LogP contribution in [0, 0.1) is 23.0 Å². The monoisotopic (exact) mass is 404 g/mol. The molecule has 0 spiro atoms. The van der Waals surface area contributed by atoms with Crippen molar-refractivity contribution in [3.63, 3.8) is 0 Å². The molecular weight excluding hydrogens is 372 g/mol. The lowest BCUT2D eigenvalue weighted by atomic mass is 9.79. The van der Waals surface area contributed by atoms with E-state index < -0.39 is 0 Å². The van der Waals surface area contributed by atoms with Crippen molar-refractivity contribution in [1.82, 2.24) is 0 Å². The Balaban J connectivity index is 2.63.